The molecule has 1 fully saturated rings. The van der Waals surface area contributed by atoms with E-state index in [0.29, 0.717) is 35.8 Å². The Balaban J connectivity index is 1.40. The summed E-state index contributed by atoms with van der Waals surface area (Å²) in [4.78, 5) is 40.5. The zero-order valence-corrected chi connectivity index (χ0v) is 20.9. The van der Waals surface area contributed by atoms with E-state index >= 15 is 0 Å². The van der Waals surface area contributed by atoms with Gasteiger partial charge in [-0.05, 0) is 68.0 Å². The molecule has 8 nitrogen and oxygen atoms in total. The number of anilines is 2. The molecule has 4 rings (SSSR count). The Morgan fingerprint density at radius 1 is 0.971 bits per heavy atom. The quantitative estimate of drug-likeness (QED) is 0.589. The molecule has 0 aromatic heterocycles. The predicted octanol–water partition coefficient (Wildman–Crippen LogP) is 3.62. The summed E-state index contributed by atoms with van der Waals surface area (Å²) in [7, 11) is -3.87. The van der Waals surface area contributed by atoms with Crippen LogP contribution in [0.25, 0.3) is 0 Å². The van der Waals surface area contributed by atoms with Crippen molar-refractivity contribution in [1.29, 1.82) is 0 Å². The predicted molar refractivity (Wildman–Crippen MR) is 134 cm³/mol. The van der Waals surface area contributed by atoms with Crippen LogP contribution in [0.1, 0.15) is 55.5 Å². The summed E-state index contributed by atoms with van der Waals surface area (Å²) in [6, 6.07) is 11.0. The van der Waals surface area contributed by atoms with Crippen molar-refractivity contribution in [3.05, 3.63) is 53.6 Å². The maximum atomic E-state index is 12.9. The molecular formula is C26H31N3O5S. The molecule has 1 N–H and O–H groups in total. The summed E-state index contributed by atoms with van der Waals surface area (Å²) < 4.78 is 28.4. The Kier molecular flexibility index (Phi) is 7.25. The molecule has 0 unspecified atom stereocenters. The van der Waals surface area contributed by atoms with Gasteiger partial charge < -0.3 is 9.80 Å². The van der Waals surface area contributed by atoms with Gasteiger partial charge in [-0.3, -0.25) is 19.1 Å². The van der Waals surface area contributed by atoms with Crippen LogP contribution < -0.4 is 9.62 Å². The fourth-order valence-corrected chi connectivity index (χ4v) is 5.68. The number of carbonyl (C=O) groups excluding carboxylic acids is 3. The number of amides is 2. The summed E-state index contributed by atoms with van der Waals surface area (Å²) in [5.41, 5.74) is 2.19. The van der Waals surface area contributed by atoms with E-state index in [1.54, 1.807) is 35.2 Å². The van der Waals surface area contributed by atoms with E-state index < -0.39 is 10.0 Å². The Bertz CT molecular complexity index is 1250. The van der Waals surface area contributed by atoms with Gasteiger partial charge in [-0.25, -0.2) is 8.42 Å². The molecule has 186 valence electrons. The molecule has 2 amide bonds. The SMILES string of the molecule is CC(=O)c1cccc(NS(=O)(=O)c2ccc3c(c2)CCN3C(=O)CCC(=O)N2CCC(C)CC2)c1. The van der Waals surface area contributed by atoms with Crippen molar-refractivity contribution in [3.63, 3.8) is 0 Å². The molecule has 0 aliphatic carbocycles. The highest BCUT2D eigenvalue weighted by atomic mass is 32.2. The number of likely N-dealkylation sites (tertiary alicyclic amines) is 1. The van der Waals surface area contributed by atoms with Crippen molar-refractivity contribution < 1.29 is 22.8 Å². The Morgan fingerprint density at radius 3 is 2.40 bits per heavy atom. The van der Waals surface area contributed by atoms with Crippen molar-refractivity contribution in [2.75, 3.05) is 29.3 Å². The molecule has 0 spiro atoms. The lowest BCUT2D eigenvalue weighted by molar-refractivity contribution is -0.134. The molecule has 0 bridgehead atoms. The van der Waals surface area contributed by atoms with E-state index in [9.17, 15) is 22.8 Å². The molecule has 2 aromatic rings. The molecule has 0 saturated carbocycles. The number of ketones is 1. The molecule has 2 aliphatic rings. The van der Waals surface area contributed by atoms with Gasteiger partial charge in [-0.1, -0.05) is 19.1 Å². The number of hydrogen-bond donors (Lipinski definition) is 1. The van der Waals surface area contributed by atoms with E-state index in [2.05, 4.69) is 11.6 Å². The van der Waals surface area contributed by atoms with Crippen molar-refractivity contribution >= 4 is 39.0 Å². The summed E-state index contributed by atoms with van der Waals surface area (Å²) in [5.74, 6) is 0.375. The maximum absolute atomic E-state index is 12.9. The second-order valence-corrected chi connectivity index (χ2v) is 11.1. The molecule has 0 radical (unpaired) electrons. The zero-order valence-electron chi connectivity index (χ0n) is 20.1. The van der Waals surface area contributed by atoms with Crippen LogP contribution in [-0.2, 0) is 26.0 Å². The number of hydrogen-bond acceptors (Lipinski definition) is 5. The van der Waals surface area contributed by atoms with Gasteiger partial charge in [0.15, 0.2) is 5.78 Å². The highest BCUT2D eigenvalue weighted by Crippen LogP contribution is 2.31. The van der Waals surface area contributed by atoms with E-state index in [0.717, 1.165) is 31.5 Å². The largest absolute Gasteiger partial charge is 0.343 e. The molecule has 35 heavy (non-hydrogen) atoms. The topological polar surface area (TPSA) is 104 Å². The van der Waals surface area contributed by atoms with Crippen LogP contribution in [0, 0.1) is 5.92 Å². The molecule has 1 saturated heterocycles. The Hall–Kier alpha value is -3.20. The number of sulfonamides is 1. The average Bonchev–Trinajstić information content (AvgIpc) is 3.26. The third-order valence-corrected chi connectivity index (χ3v) is 8.15. The van der Waals surface area contributed by atoms with Crippen molar-refractivity contribution in [2.24, 2.45) is 5.92 Å². The first-order valence-electron chi connectivity index (χ1n) is 12.0. The number of rotatable bonds is 7. The zero-order chi connectivity index (χ0) is 25.2. The summed E-state index contributed by atoms with van der Waals surface area (Å²) in [6.45, 7) is 5.58. The van der Waals surface area contributed by atoms with Gasteiger partial charge in [0.05, 0.1) is 4.90 Å². The summed E-state index contributed by atoms with van der Waals surface area (Å²) in [6.07, 6.45) is 2.87. The number of nitrogens with one attached hydrogen (secondary N) is 1. The highest BCUT2D eigenvalue weighted by Gasteiger charge is 2.28. The van der Waals surface area contributed by atoms with Crippen LogP contribution >= 0.6 is 0 Å². The van der Waals surface area contributed by atoms with Crippen LogP contribution in [0.15, 0.2) is 47.4 Å². The number of Topliss-reactive ketones (excluding diaryl/α,β-unsaturated/α-hetero) is 1. The average molecular weight is 498 g/mol. The van der Waals surface area contributed by atoms with Gasteiger partial charge in [0, 0.05) is 49.4 Å². The van der Waals surface area contributed by atoms with Gasteiger partial charge in [-0.15, -0.1) is 0 Å². The van der Waals surface area contributed by atoms with E-state index in [1.807, 2.05) is 4.90 Å². The van der Waals surface area contributed by atoms with E-state index in [4.69, 9.17) is 0 Å². The number of fused-ring (bicyclic) bond motifs is 1. The lowest BCUT2D eigenvalue weighted by atomic mass is 9.99. The molecule has 9 heteroatoms. The van der Waals surface area contributed by atoms with E-state index in [-0.39, 0.29) is 35.3 Å². The molecule has 0 atom stereocenters. The fraction of sp³-hybridized carbons (Fsp3) is 0.423. The number of carbonyl (C=O) groups is 3. The van der Waals surface area contributed by atoms with Crippen LogP contribution in [0.2, 0.25) is 0 Å². The number of nitrogens with zero attached hydrogens (tertiary/aromatic N) is 2. The monoisotopic (exact) mass is 497 g/mol. The van der Waals surface area contributed by atoms with Crippen LogP contribution in [-0.4, -0.2) is 50.5 Å². The first-order valence-corrected chi connectivity index (χ1v) is 13.5. The van der Waals surface area contributed by atoms with Crippen molar-refractivity contribution in [3.8, 4) is 0 Å². The third kappa shape index (κ3) is 5.73. The smallest absolute Gasteiger partial charge is 0.261 e. The number of benzene rings is 2. The van der Waals surface area contributed by atoms with E-state index in [1.165, 1.54) is 19.1 Å². The molecular weight excluding hydrogens is 466 g/mol. The Labute approximate surface area is 206 Å². The summed E-state index contributed by atoms with van der Waals surface area (Å²) in [5, 5.41) is 0. The minimum atomic E-state index is -3.87. The minimum absolute atomic E-state index is 0.0195. The van der Waals surface area contributed by atoms with Gasteiger partial charge >= 0.3 is 0 Å². The van der Waals surface area contributed by atoms with Crippen LogP contribution in [0.3, 0.4) is 0 Å². The van der Waals surface area contributed by atoms with Gasteiger partial charge in [0.25, 0.3) is 10.0 Å². The maximum Gasteiger partial charge on any atom is 0.261 e. The molecule has 2 aromatic carbocycles. The minimum Gasteiger partial charge on any atom is -0.343 e. The van der Waals surface area contributed by atoms with Crippen molar-refractivity contribution in [1.82, 2.24) is 4.90 Å². The van der Waals surface area contributed by atoms with Gasteiger partial charge in [-0.2, -0.15) is 0 Å². The normalized spacial score (nSPS) is 16.2. The lowest BCUT2D eigenvalue weighted by Gasteiger charge is -2.30. The van der Waals surface area contributed by atoms with Gasteiger partial charge in [0.2, 0.25) is 11.8 Å². The molecule has 2 aliphatic heterocycles. The lowest BCUT2D eigenvalue weighted by Crippen LogP contribution is -2.38. The first kappa shape index (κ1) is 24.9. The van der Waals surface area contributed by atoms with Crippen LogP contribution in [0.4, 0.5) is 11.4 Å². The number of piperidine rings is 1. The molecule has 2 heterocycles. The third-order valence-electron chi connectivity index (χ3n) is 6.77. The Morgan fingerprint density at radius 2 is 1.69 bits per heavy atom. The standard InChI is InChI=1S/C26H31N3O5S/c1-18-10-13-28(14-11-18)25(31)8-9-26(32)29-15-12-21-17-23(6-7-24(21)29)35(33,34)27-22-5-3-4-20(16-22)19(2)30/h3-7,16-18,27H,8-15H2,1-2H3. The highest BCUT2D eigenvalue weighted by molar-refractivity contribution is 7.92. The second-order valence-electron chi connectivity index (χ2n) is 9.39. The fourth-order valence-electron chi connectivity index (χ4n) is 4.59. The van der Waals surface area contributed by atoms with Crippen LogP contribution in [0.5, 0.6) is 0 Å². The van der Waals surface area contributed by atoms with Gasteiger partial charge in [0.1, 0.15) is 0 Å². The summed E-state index contributed by atoms with van der Waals surface area (Å²) >= 11 is 0. The van der Waals surface area contributed by atoms with Crippen molar-refractivity contribution in [2.45, 2.75) is 50.8 Å². The first-order chi connectivity index (χ1) is 16.6. The second kappa shape index (κ2) is 10.2.